The van der Waals surface area contributed by atoms with E-state index in [1.165, 1.54) is 0 Å². The van der Waals surface area contributed by atoms with E-state index in [-0.39, 0.29) is 11.6 Å². The number of amides is 1. The lowest BCUT2D eigenvalue weighted by atomic mass is 10.1. The second kappa shape index (κ2) is 6.40. The first kappa shape index (κ1) is 15.5. The largest absolute Gasteiger partial charge is 0.488 e. The molecule has 3 rings (SSSR count). The van der Waals surface area contributed by atoms with Crippen LogP contribution in [-0.2, 0) is 4.79 Å². The summed E-state index contributed by atoms with van der Waals surface area (Å²) >= 11 is 5.83. The van der Waals surface area contributed by atoms with Gasteiger partial charge in [0.15, 0.2) is 0 Å². The van der Waals surface area contributed by atoms with Crippen molar-refractivity contribution >= 4 is 28.9 Å². The maximum Gasteiger partial charge on any atom is 0.372 e. The number of quaternary nitrogens is 1. The monoisotopic (exact) mass is 331 g/mol. The Morgan fingerprint density at radius 3 is 2.65 bits per heavy atom. The van der Waals surface area contributed by atoms with E-state index >= 15 is 0 Å². The smallest absolute Gasteiger partial charge is 0.372 e. The number of rotatable bonds is 4. The molecule has 1 amide bonds. The number of benzene rings is 2. The Morgan fingerprint density at radius 2 is 1.96 bits per heavy atom. The van der Waals surface area contributed by atoms with Crippen molar-refractivity contribution in [3.63, 3.8) is 0 Å². The van der Waals surface area contributed by atoms with Crippen LogP contribution in [0.2, 0.25) is 5.02 Å². The van der Waals surface area contributed by atoms with E-state index in [9.17, 15) is 4.79 Å². The summed E-state index contributed by atoms with van der Waals surface area (Å²) in [5, 5.41) is 12.9. The van der Waals surface area contributed by atoms with Crippen LogP contribution in [0.3, 0.4) is 0 Å². The number of hydrogen-bond donors (Lipinski definition) is 2. The van der Waals surface area contributed by atoms with Crippen LogP contribution in [0.15, 0.2) is 47.6 Å². The number of carbonyl (C=O) groups is 1. The van der Waals surface area contributed by atoms with Crippen molar-refractivity contribution in [2.75, 3.05) is 13.2 Å². The van der Waals surface area contributed by atoms with Gasteiger partial charge in [-0.2, -0.15) is 0 Å². The summed E-state index contributed by atoms with van der Waals surface area (Å²) in [6.07, 6.45) is 0. The second-order valence-corrected chi connectivity index (χ2v) is 5.79. The number of oxime groups is 1. The van der Waals surface area contributed by atoms with Crippen LogP contribution in [0.1, 0.15) is 11.1 Å². The van der Waals surface area contributed by atoms with Crippen molar-refractivity contribution < 1.29 is 19.6 Å². The van der Waals surface area contributed by atoms with Crippen LogP contribution in [0.25, 0.3) is 0 Å². The zero-order valence-electron chi connectivity index (χ0n) is 12.5. The van der Waals surface area contributed by atoms with Crippen LogP contribution in [0.4, 0.5) is 5.69 Å². The normalized spacial score (nSPS) is 18.3. The van der Waals surface area contributed by atoms with Crippen LogP contribution >= 0.6 is 11.6 Å². The second-order valence-electron chi connectivity index (χ2n) is 5.36. The van der Waals surface area contributed by atoms with E-state index in [2.05, 4.69) is 5.16 Å². The Balaban J connectivity index is 1.73. The van der Waals surface area contributed by atoms with Crippen molar-refractivity contribution in [2.45, 2.75) is 6.92 Å². The Morgan fingerprint density at radius 1 is 1.22 bits per heavy atom. The summed E-state index contributed by atoms with van der Waals surface area (Å²) in [5.41, 5.74) is 2.61. The highest BCUT2D eigenvalue weighted by Gasteiger charge is 2.40. The van der Waals surface area contributed by atoms with Crippen molar-refractivity contribution in [3.8, 4) is 5.75 Å². The fourth-order valence-electron chi connectivity index (χ4n) is 2.65. The quantitative estimate of drug-likeness (QED) is 0.665. The lowest BCUT2D eigenvalue weighted by Gasteiger charge is -2.12. The summed E-state index contributed by atoms with van der Waals surface area (Å²) in [6, 6.07) is 12.7. The molecule has 0 aromatic heterocycles. The number of hydrogen-bond acceptors (Lipinski definition) is 4. The molecule has 0 aliphatic carbocycles. The van der Waals surface area contributed by atoms with E-state index in [1.54, 1.807) is 24.3 Å². The summed E-state index contributed by atoms with van der Waals surface area (Å²) in [4.78, 5) is 13.0. The number of nitrogens with one attached hydrogen (secondary N) is 1. The molecule has 2 aromatic carbocycles. The first-order valence-electron chi connectivity index (χ1n) is 7.22. The molecule has 118 valence electrons. The maximum absolute atomic E-state index is 12.4. The third-order valence-electron chi connectivity index (χ3n) is 3.78. The van der Waals surface area contributed by atoms with Gasteiger partial charge in [-0.1, -0.05) is 22.8 Å². The molecule has 0 fully saturated rings. The number of fused-ring (bicyclic) bond motifs is 1. The summed E-state index contributed by atoms with van der Waals surface area (Å²) in [6.45, 7) is 2.73. The lowest BCUT2D eigenvalue weighted by Crippen LogP contribution is -3.09. The third kappa shape index (κ3) is 3.06. The van der Waals surface area contributed by atoms with Gasteiger partial charge in [0.2, 0.25) is 5.71 Å². The van der Waals surface area contributed by atoms with Gasteiger partial charge in [-0.3, -0.25) is 0 Å². The summed E-state index contributed by atoms with van der Waals surface area (Å²) < 4.78 is 5.64. The van der Waals surface area contributed by atoms with Gasteiger partial charge in [0.1, 0.15) is 24.6 Å². The average molecular weight is 332 g/mol. The predicted octanol–water partition coefficient (Wildman–Crippen LogP) is 1.96. The topological polar surface area (TPSA) is 63.3 Å². The van der Waals surface area contributed by atoms with Gasteiger partial charge in [0.25, 0.3) is 0 Å². The summed E-state index contributed by atoms with van der Waals surface area (Å²) in [5.74, 6) is 0.452. The Labute approximate surface area is 138 Å². The maximum atomic E-state index is 12.4. The number of ether oxygens (including phenoxy) is 1. The zero-order valence-corrected chi connectivity index (χ0v) is 13.3. The van der Waals surface area contributed by atoms with E-state index < -0.39 is 0 Å². The molecule has 0 saturated heterocycles. The van der Waals surface area contributed by atoms with Gasteiger partial charge < -0.3 is 9.94 Å². The molecule has 23 heavy (non-hydrogen) atoms. The van der Waals surface area contributed by atoms with Crippen LogP contribution in [0.5, 0.6) is 5.75 Å². The van der Waals surface area contributed by atoms with Crippen LogP contribution in [-0.4, -0.2) is 30.0 Å². The van der Waals surface area contributed by atoms with Gasteiger partial charge in [0.05, 0.1) is 5.56 Å². The molecule has 0 radical (unpaired) electrons. The molecule has 0 saturated carbocycles. The molecular formula is C17H16ClN2O3+. The van der Waals surface area contributed by atoms with Crippen molar-refractivity contribution in [1.82, 2.24) is 0 Å². The van der Waals surface area contributed by atoms with Crippen molar-refractivity contribution in [1.29, 1.82) is 0 Å². The Kier molecular flexibility index (Phi) is 4.32. The van der Waals surface area contributed by atoms with Crippen LogP contribution in [0, 0.1) is 6.92 Å². The third-order valence-corrected chi connectivity index (χ3v) is 4.03. The lowest BCUT2D eigenvalue weighted by molar-refractivity contribution is -0.742. The van der Waals surface area contributed by atoms with E-state index in [4.69, 9.17) is 21.5 Å². The van der Waals surface area contributed by atoms with Gasteiger partial charge in [-0.25, -0.2) is 9.69 Å². The number of halogens is 1. The Hall–Kier alpha value is -2.37. The minimum Gasteiger partial charge on any atom is -0.488 e. The highest BCUT2D eigenvalue weighted by molar-refractivity contribution is 6.45. The molecular weight excluding hydrogens is 316 g/mol. The molecule has 2 N–H and O–H groups in total. The number of nitrogens with zero attached hydrogens (tertiary/aromatic N) is 1. The van der Waals surface area contributed by atoms with Crippen LogP contribution < -0.4 is 9.64 Å². The Bertz CT molecular complexity index is 772. The standard InChI is InChI=1S/C17H15ClN2O3/c1-11-2-7-15-14(10-11)16(19-22)17(21)20(15)8-9-23-13-5-3-12(18)4-6-13/h2-7,10,22H,8-9H2,1H3/p+1. The molecule has 0 spiro atoms. The number of aryl methyl sites for hydroxylation is 1. The summed E-state index contributed by atoms with van der Waals surface area (Å²) in [7, 11) is 0. The van der Waals surface area contributed by atoms with Gasteiger partial charge >= 0.3 is 5.91 Å². The minimum atomic E-state index is -0.243. The zero-order chi connectivity index (χ0) is 16.4. The first-order chi connectivity index (χ1) is 11.1. The SMILES string of the molecule is Cc1ccc2c(c1)C(=NO)C(=O)[NH+]2CCOc1ccc(Cl)cc1. The predicted molar refractivity (Wildman–Crippen MR) is 86.9 cm³/mol. The highest BCUT2D eigenvalue weighted by Crippen LogP contribution is 2.19. The fraction of sp³-hybridized carbons (Fsp3) is 0.176. The number of carbonyl (C=O) groups excluding carboxylic acids is 1. The molecule has 1 aliphatic heterocycles. The van der Waals surface area contributed by atoms with Gasteiger partial charge in [-0.05, 0) is 42.8 Å². The van der Waals surface area contributed by atoms with E-state index in [1.807, 2.05) is 25.1 Å². The first-order valence-corrected chi connectivity index (χ1v) is 7.60. The molecule has 2 aromatic rings. The fourth-order valence-corrected chi connectivity index (χ4v) is 2.78. The molecule has 6 heteroatoms. The van der Waals surface area contributed by atoms with Gasteiger partial charge in [-0.15, -0.1) is 0 Å². The molecule has 0 bridgehead atoms. The molecule has 1 atom stereocenters. The van der Waals surface area contributed by atoms with Crippen molar-refractivity contribution in [2.24, 2.45) is 5.16 Å². The van der Waals surface area contributed by atoms with Gasteiger partial charge in [0, 0.05) is 11.1 Å². The minimum absolute atomic E-state index is 0.102. The van der Waals surface area contributed by atoms with E-state index in [0.29, 0.717) is 34.4 Å². The molecule has 1 aliphatic rings. The van der Waals surface area contributed by atoms with Crippen molar-refractivity contribution in [3.05, 3.63) is 58.6 Å². The van der Waals surface area contributed by atoms with E-state index in [0.717, 1.165) is 11.3 Å². The molecule has 1 unspecified atom stereocenters. The molecule has 1 heterocycles. The average Bonchev–Trinajstić information content (AvgIpc) is 2.80. The highest BCUT2D eigenvalue weighted by atomic mass is 35.5. The molecule has 5 nitrogen and oxygen atoms in total.